The molecule has 1 aromatic carbocycles. The Kier molecular flexibility index (Phi) is 4.03. The molecule has 0 amide bonds. The molecule has 0 saturated carbocycles. The molecule has 112 valence electrons. The van der Waals surface area contributed by atoms with Gasteiger partial charge >= 0.3 is 0 Å². The van der Waals surface area contributed by atoms with E-state index in [0.717, 1.165) is 6.54 Å². The van der Waals surface area contributed by atoms with Gasteiger partial charge in [-0.25, -0.2) is 0 Å². The highest BCUT2D eigenvalue weighted by atomic mass is 15.0. The Morgan fingerprint density at radius 2 is 1.65 bits per heavy atom. The lowest BCUT2D eigenvalue weighted by atomic mass is 9.72. The number of hydrogen-bond acceptors (Lipinski definition) is 1. The molecule has 2 rings (SSSR count). The first-order valence-electron chi connectivity index (χ1n) is 7.99. The van der Waals surface area contributed by atoms with Crippen molar-refractivity contribution in [1.29, 1.82) is 0 Å². The normalized spacial score (nSPS) is 24.1. The fraction of sp³-hybridized carbons (Fsp3) is 0.684. The Balaban J connectivity index is 2.19. The molecule has 0 aliphatic carbocycles. The van der Waals surface area contributed by atoms with E-state index in [1.165, 1.54) is 30.4 Å². The fourth-order valence-electron chi connectivity index (χ4n) is 3.86. The molecule has 1 N–H and O–H groups in total. The number of nitrogens with one attached hydrogen (secondary N) is 1. The van der Waals surface area contributed by atoms with Crippen LogP contribution < -0.4 is 5.32 Å². The van der Waals surface area contributed by atoms with Crippen molar-refractivity contribution in [3.8, 4) is 0 Å². The van der Waals surface area contributed by atoms with Crippen LogP contribution in [0, 0.1) is 5.41 Å². The van der Waals surface area contributed by atoms with Gasteiger partial charge in [-0.05, 0) is 54.7 Å². The van der Waals surface area contributed by atoms with Crippen LogP contribution in [0.15, 0.2) is 24.3 Å². The second kappa shape index (κ2) is 5.18. The molecule has 1 fully saturated rings. The highest BCUT2D eigenvalue weighted by Crippen LogP contribution is 2.37. The second-order valence-corrected chi connectivity index (χ2v) is 8.56. The summed E-state index contributed by atoms with van der Waals surface area (Å²) in [5.41, 5.74) is 3.68. The first-order valence-corrected chi connectivity index (χ1v) is 7.99. The van der Waals surface area contributed by atoms with Gasteiger partial charge in [0.05, 0.1) is 0 Å². The van der Waals surface area contributed by atoms with E-state index in [1.54, 1.807) is 0 Å². The quantitative estimate of drug-likeness (QED) is 0.817. The average molecular weight is 273 g/mol. The smallest absolute Gasteiger partial charge is 0.0406 e. The molecule has 1 aliphatic rings. The summed E-state index contributed by atoms with van der Waals surface area (Å²) >= 11 is 0. The predicted octanol–water partition coefficient (Wildman–Crippen LogP) is 5.00. The molecular formula is C19H31N. The largest absolute Gasteiger partial charge is 0.308 e. The maximum absolute atomic E-state index is 3.65. The van der Waals surface area contributed by atoms with Gasteiger partial charge in [-0.3, -0.25) is 0 Å². The van der Waals surface area contributed by atoms with E-state index in [9.17, 15) is 0 Å². The Bertz CT molecular complexity index is 442. The Morgan fingerprint density at radius 1 is 1.05 bits per heavy atom. The molecule has 20 heavy (non-hydrogen) atoms. The van der Waals surface area contributed by atoms with Crippen LogP contribution in [0.2, 0.25) is 0 Å². The molecule has 1 heterocycles. The Labute approximate surface area is 125 Å². The van der Waals surface area contributed by atoms with Gasteiger partial charge in [-0.15, -0.1) is 0 Å². The second-order valence-electron chi connectivity index (χ2n) is 8.56. The lowest BCUT2D eigenvalue weighted by Crippen LogP contribution is -2.33. The van der Waals surface area contributed by atoms with E-state index >= 15 is 0 Å². The molecule has 1 atom stereocenters. The lowest BCUT2D eigenvalue weighted by molar-refractivity contribution is 0.284. The molecule has 1 aromatic rings. The third kappa shape index (κ3) is 3.44. The van der Waals surface area contributed by atoms with Crippen molar-refractivity contribution >= 4 is 0 Å². The minimum atomic E-state index is 0.187. The zero-order valence-corrected chi connectivity index (χ0v) is 14.1. The summed E-state index contributed by atoms with van der Waals surface area (Å²) in [4.78, 5) is 0. The van der Waals surface area contributed by atoms with Crippen LogP contribution in [-0.4, -0.2) is 6.54 Å². The molecule has 0 radical (unpaired) electrons. The molecule has 1 nitrogen and oxygen atoms in total. The summed E-state index contributed by atoms with van der Waals surface area (Å²) in [5.74, 6) is 0. The van der Waals surface area contributed by atoms with Crippen molar-refractivity contribution in [3.63, 3.8) is 0 Å². The van der Waals surface area contributed by atoms with E-state index in [0.29, 0.717) is 5.41 Å². The number of rotatable bonds is 3. The van der Waals surface area contributed by atoms with Crippen molar-refractivity contribution in [1.82, 2.24) is 5.32 Å². The number of hydrogen-bond donors (Lipinski definition) is 1. The van der Waals surface area contributed by atoms with Gasteiger partial charge in [0.1, 0.15) is 0 Å². The van der Waals surface area contributed by atoms with E-state index < -0.39 is 0 Å². The molecule has 1 aliphatic heterocycles. The van der Waals surface area contributed by atoms with Gasteiger partial charge in [0.15, 0.2) is 0 Å². The Morgan fingerprint density at radius 3 is 2.10 bits per heavy atom. The fourth-order valence-corrected chi connectivity index (χ4v) is 3.86. The van der Waals surface area contributed by atoms with Crippen LogP contribution in [0.4, 0.5) is 0 Å². The first kappa shape index (κ1) is 15.6. The molecule has 1 saturated heterocycles. The van der Waals surface area contributed by atoms with Gasteiger partial charge in [0, 0.05) is 5.54 Å². The lowest BCUT2D eigenvalue weighted by Gasteiger charge is -2.33. The van der Waals surface area contributed by atoms with Crippen molar-refractivity contribution in [3.05, 3.63) is 35.4 Å². The highest BCUT2D eigenvalue weighted by molar-refractivity contribution is 5.32. The minimum Gasteiger partial charge on any atom is -0.308 e. The first-order chi connectivity index (χ1) is 9.12. The molecular weight excluding hydrogens is 242 g/mol. The van der Waals surface area contributed by atoms with Crippen molar-refractivity contribution in [2.75, 3.05) is 6.54 Å². The number of benzene rings is 1. The van der Waals surface area contributed by atoms with Crippen LogP contribution in [0.5, 0.6) is 0 Å². The van der Waals surface area contributed by atoms with Crippen LogP contribution in [-0.2, 0) is 11.0 Å². The average Bonchev–Trinajstić information content (AvgIpc) is 2.75. The van der Waals surface area contributed by atoms with E-state index in [-0.39, 0.29) is 11.0 Å². The summed E-state index contributed by atoms with van der Waals surface area (Å²) < 4.78 is 0. The maximum atomic E-state index is 3.65. The summed E-state index contributed by atoms with van der Waals surface area (Å²) in [6.45, 7) is 15.2. The third-order valence-electron chi connectivity index (χ3n) is 4.64. The van der Waals surface area contributed by atoms with Gasteiger partial charge in [-0.1, -0.05) is 58.9 Å². The predicted molar refractivity (Wildman–Crippen MR) is 88.1 cm³/mol. The van der Waals surface area contributed by atoms with Crippen LogP contribution in [0.1, 0.15) is 71.9 Å². The zero-order valence-electron chi connectivity index (χ0n) is 14.1. The summed E-state index contributed by atoms with van der Waals surface area (Å²) in [6.07, 6.45) is 3.74. The topological polar surface area (TPSA) is 12.0 Å². The highest BCUT2D eigenvalue weighted by Gasteiger charge is 2.31. The van der Waals surface area contributed by atoms with Crippen molar-refractivity contribution in [2.24, 2.45) is 5.41 Å². The monoisotopic (exact) mass is 273 g/mol. The van der Waals surface area contributed by atoms with Crippen LogP contribution in [0.3, 0.4) is 0 Å². The Hall–Kier alpha value is -0.820. The van der Waals surface area contributed by atoms with Crippen LogP contribution >= 0.6 is 0 Å². The van der Waals surface area contributed by atoms with E-state index in [2.05, 4.69) is 71.1 Å². The van der Waals surface area contributed by atoms with Gasteiger partial charge in [-0.2, -0.15) is 0 Å². The molecule has 1 unspecified atom stereocenters. The van der Waals surface area contributed by atoms with E-state index in [1.807, 2.05) is 0 Å². The summed E-state index contributed by atoms with van der Waals surface area (Å²) in [5, 5.41) is 3.65. The SMILES string of the molecule is CC(C)(C)CC(C)(C)c1ccc(C2(C)CCCN2)cc1. The minimum absolute atomic E-state index is 0.187. The molecule has 1 heteroatoms. The zero-order chi connectivity index (χ0) is 15.0. The molecule has 0 spiro atoms. The third-order valence-corrected chi connectivity index (χ3v) is 4.64. The summed E-state index contributed by atoms with van der Waals surface area (Å²) in [6, 6.07) is 9.34. The van der Waals surface area contributed by atoms with Crippen LogP contribution in [0.25, 0.3) is 0 Å². The van der Waals surface area contributed by atoms with Gasteiger partial charge < -0.3 is 5.32 Å². The van der Waals surface area contributed by atoms with Gasteiger partial charge in [0.25, 0.3) is 0 Å². The van der Waals surface area contributed by atoms with Crippen molar-refractivity contribution < 1.29 is 0 Å². The van der Waals surface area contributed by atoms with Crippen molar-refractivity contribution in [2.45, 2.75) is 71.8 Å². The standard InChI is InChI=1S/C19H31N/c1-17(2,3)14-18(4,5)15-8-10-16(11-9-15)19(6)12-7-13-20-19/h8-11,20H,7,12-14H2,1-6H3. The summed E-state index contributed by atoms with van der Waals surface area (Å²) in [7, 11) is 0. The molecule has 0 bridgehead atoms. The molecule has 0 aromatic heterocycles. The maximum Gasteiger partial charge on any atom is 0.0406 e. The van der Waals surface area contributed by atoms with E-state index in [4.69, 9.17) is 0 Å². The van der Waals surface area contributed by atoms with Gasteiger partial charge in [0.2, 0.25) is 0 Å².